The molecule has 1 rings (SSSR count). The summed E-state index contributed by atoms with van der Waals surface area (Å²) in [7, 11) is 0. The molecule has 18 heavy (non-hydrogen) atoms. The number of carbonyl (C=O) groups is 2. The van der Waals surface area contributed by atoms with E-state index in [4.69, 9.17) is 22.1 Å². The maximum absolute atomic E-state index is 11.6. The van der Waals surface area contributed by atoms with Crippen LogP contribution in [0.25, 0.3) is 0 Å². The molecule has 0 aromatic heterocycles. The fourth-order valence-electron chi connectivity index (χ4n) is 1.20. The van der Waals surface area contributed by atoms with Gasteiger partial charge >= 0.3 is 5.97 Å². The van der Waals surface area contributed by atoms with Gasteiger partial charge in [0.2, 0.25) is 0 Å². The minimum absolute atomic E-state index is 0.264. The number of benzene rings is 1. The molecule has 0 saturated heterocycles. The van der Waals surface area contributed by atoms with E-state index in [-0.39, 0.29) is 18.1 Å². The van der Waals surface area contributed by atoms with E-state index in [2.05, 4.69) is 5.32 Å². The standard InChI is InChI=1S/C12H15ClN2O3/c1-2-5-15-11(16)7-18-12(17)8-3-4-9(13)10(14)6-8/h3-4,6H,2,5,7,14H2,1H3,(H,15,16). The Morgan fingerprint density at radius 3 is 2.78 bits per heavy atom. The summed E-state index contributed by atoms with van der Waals surface area (Å²) in [6, 6.07) is 4.41. The van der Waals surface area contributed by atoms with Crippen molar-refractivity contribution < 1.29 is 14.3 Å². The summed E-state index contributed by atoms with van der Waals surface area (Å²) in [5, 5.41) is 2.97. The predicted molar refractivity (Wildman–Crippen MR) is 69.4 cm³/mol. The summed E-state index contributed by atoms with van der Waals surface area (Å²) < 4.78 is 4.83. The first-order valence-electron chi connectivity index (χ1n) is 5.53. The van der Waals surface area contributed by atoms with Crippen molar-refractivity contribution in [1.82, 2.24) is 5.32 Å². The number of nitrogens with two attached hydrogens (primary N) is 1. The lowest BCUT2D eigenvalue weighted by Crippen LogP contribution is -2.29. The maximum Gasteiger partial charge on any atom is 0.338 e. The number of anilines is 1. The van der Waals surface area contributed by atoms with E-state index in [9.17, 15) is 9.59 Å². The number of hydrogen-bond donors (Lipinski definition) is 2. The van der Waals surface area contributed by atoms with Crippen LogP contribution in [0, 0.1) is 0 Å². The number of esters is 1. The molecule has 0 aliphatic carbocycles. The van der Waals surface area contributed by atoms with E-state index in [1.54, 1.807) is 0 Å². The number of carbonyl (C=O) groups excluding carboxylic acids is 2. The fourth-order valence-corrected chi connectivity index (χ4v) is 1.32. The van der Waals surface area contributed by atoms with Crippen molar-refractivity contribution in [2.24, 2.45) is 0 Å². The molecule has 3 N–H and O–H groups in total. The molecule has 1 aromatic rings. The maximum atomic E-state index is 11.6. The highest BCUT2D eigenvalue weighted by molar-refractivity contribution is 6.33. The SMILES string of the molecule is CCCNC(=O)COC(=O)c1ccc(Cl)c(N)c1. The van der Waals surface area contributed by atoms with Gasteiger partial charge in [-0.3, -0.25) is 4.79 Å². The number of amides is 1. The molecule has 6 heteroatoms. The van der Waals surface area contributed by atoms with Gasteiger partial charge in [0.15, 0.2) is 6.61 Å². The van der Waals surface area contributed by atoms with Gasteiger partial charge in [-0.15, -0.1) is 0 Å². The van der Waals surface area contributed by atoms with E-state index in [0.29, 0.717) is 17.3 Å². The minimum Gasteiger partial charge on any atom is -0.452 e. The van der Waals surface area contributed by atoms with Crippen molar-refractivity contribution in [3.63, 3.8) is 0 Å². The third-order valence-corrected chi connectivity index (χ3v) is 2.48. The first-order chi connectivity index (χ1) is 8.54. The summed E-state index contributed by atoms with van der Waals surface area (Å²) in [5.41, 5.74) is 6.12. The molecule has 1 aromatic carbocycles. The van der Waals surface area contributed by atoms with E-state index in [1.165, 1.54) is 18.2 Å². The van der Waals surface area contributed by atoms with Gasteiger partial charge < -0.3 is 15.8 Å². The normalized spacial score (nSPS) is 9.89. The van der Waals surface area contributed by atoms with Gasteiger partial charge in [0.1, 0.15) is 0 Å². The lowest BCUT2D eigenvalue weighted by atomic mass is 10.2. The second-order valence-corrected chi connectivity index (χ2v) is 4.07. The molecule has 0 radical (unpaired) electrons. The average Bonchev–Trinajstić information content (AvgIpc) is 2.36. The van der Waals surface area contributed by atoms with Crippen LogP contribution >= 0.6 is 11.6 Å². The number of ether oxygens (including phenoxy) is 1. The van der Waals surface area contributed by atoms with Crippen LogP contribution in [-0.2, 0) is 9.53 Å². The van der Waals surface area contributed by atoms with Crippen molar-refractivity contribution in [3.05, 3.63) is 28.8 Å². The number of nitrogen functional groups attached to an aromatic ring is 1. The number of nitrogens with one attached hydrogen (secondary N) is 1. The lowest BCUT2D eigenvalue weighted by molar-refractivity contribution is -0.124. The molecule has 0 aliphatic rings. The van der Waals surface area contributed by atoms with Crippen molar-refractivity contribution in [2.75, 3.05) is 18.9 Å². The Balaban J connectivity index is 2.50. The predicted octanol–water partition coefficient (Wildman–Crippen LogP) is 1.61. The Morgan fingerprint density at radius 1 is 1.44 bits per heavy atom. The van der Waals surface area contributed by atoms with Crippen LogP contribution in [0.4, 0.5) is 5.69 Å². The second-order valence-electron chi connectivity index (χ2n) is 3.66. The van der Waals surface area contributed by atoms with Gasteiger partial charge in [0.25, 0.3) is 5.91 Å². The van der Waals surface area contributed by atoms with Crippen LogP contribution in [0.3, 0.4) is 0 Å². The van der Waals surface area contributed by atoms with Gasteiger partial charge in [-0.2, -0.15) is 0 Å². The second kappa shape index (κ2) is 6.86. The Kier molecular flexibility index (Phi) is 5.45. The Bertz CT molecular complexity index is 449. The van der Waals surface area contributed by atoms with Crippen molar-refractivity contribution in [3.8, 4) is 0 Å². The molecule has 0 fully saturated rings. The monoisotopic (exact) mass is 270 g/mol. The van der Waals surface area contributed by atoms with Crippen LogP contribution < -0.4 is 11.1 Å². The molecule has 0 spiro atoms. The fraction of sp³-hybridized carbons (Fsp3) is 0.333. The van der Waals surface area contributed by atoms with E-state index in [1.807, 2.05) is 6.92 Å². The molecule has 0 bridgehead atoms. The summed E-state index contributed by atoms with van der Waals surface area (Å²) in [6.45, 7) is 2.19. The van der Waals surface area contributed by atoms with Gasteiger partial charge in [-0.05, 0) is 24.6 Å². The summed E-state index contributed by atoms with van der Waals surface area (Å²) in [6.07, 6.45) is 0.827. The van der Waals surface area contributed by atoms with Gasteiger partial charge in [-0.1, -0.05) is 18.5 Å². The van der Waals surface area contributed by atoms with Gasteiger partial charge in [0.05, 0.1) is 16.3 Å². The first-order valence-corrected chi connectivity index (χ1v) is 5.91. The molecule has 0 aliphatic heterocycles. The summed E-state index contributed by atoms with van der Waals surface area (Å²) in [4.78, 5) is 22.8. The molecular formula is C12H15ClN2O3. The van der Waals surface area contributed by atoms with Crippen LogP contribution in [0.5, 0.6) is 0 Å². The highest BCUT2D eigenvalue weighted by Gasteiger charge is 2.11. The lowest BCUT2D eigenvalue weighted by Gasteiger charge is -2.06. The quantitative estimate of drug-likeness (QED) is 0.629. The smallest absolute Gasteiger partial charge is 0.338 e. The molecule has 98 valence electrons. The van der Waals surface area contributed by atoms with E-state index >= 15 is 0 Å². The molecule has 0 heterocycles. The number of hydrogen-bond acceptors (Lipinski definition) is 4. The van der Waals surface area contributed by atoms with Crippen LogP contribution in [0.2, 0.25) is 5.02 Å². The van der Waals surface area contributed by atoms with Gasteiger partial charge in [0, 0.05) is 6.54 Å². The van der Waals surface area contributed by atoms with Gasteiger partial charge in [-0.25, -0.2) is 4.79 Å². The third-order valence-electron chi connectivity index (χ3n) is 2.14. The highest BCUT2D eigenvalue weighted by atomic mass is 35.5. The van der Waals surface area contributed by atoms with Crippen molar-refractivity contribution in [2.45, 2.75) is 13.3 Å². The molecule has 0 atom stereocenters. The average molecular weight is 271 g/mol. The van der Waals surface area contributed by atoms with Crippen LogP contribution in [-0.4, -0.2) is 25.0 Å². The van der Waals surface area contributed by atoms with Crippen LogP contribution in [0.15, 0.2) is 18.2 Å². The highest BCUT2D eigenvalue weighted by Crippen LogP contribution is 2.19. The summed E-state index contributed by atoms with van der Waals surface area (Å²) >= 11 is 5.73. The first kappa shape index (κ1) is 14.3. The number of halogens is 1. The van der Waals surface area contributed by atoms with Crippen molar-refractivity contribution >= 4 is 29.2 Å². The Morgan fingerprint density at radius 2 is 2.17 bits per heavy atom. The molecular weight excluding hydrogens is 256 g/mol. The zero-order chi connectivity index (χ0) is 13.5. The molecule has 1 amide bonds. The molecule has 0 unspecified atom stereocenters. The molecule has 5 nitrogen and oxygen atoms in total. The Hall–Kier alpha value is -1.75. The zero-order valence-corrected chi connectivity index (χ0v) is 10.8. The topological polar surface area (TPSA) is 81.4 Å². The molecule has 0 saturated carbocycles. The third kappa shape index (κ3) is 4.25. The van der Waals surface area contributed by atoms with Crippen molar-refractivity contribution in [1.29, 1.82) is 0 Å². The Labute approximate surface area is 110 Å². The van der Waals surface area contributed by atoms with E-state index in [0.717, 1.165) is 6.42 Å². The van der Waals surface area contributed by atoms with Crippen LogP contribution in [0.1, 0.15) is 23.7 Å². The minimum atomic E-state index is -0.606. The number of rotatable bonds is 5. The van der Waals surface area contributed by atoms with E-state index < -0.39 is 5.97 Å². The largest absolute Gasteiger partial charge is 0.452 e. The zero-order valence-electron chi connectivity index (χ0n) is 10.0. The summed E-state index contributed by atoms with van der Waals surface area (Å²) in [5.74, 6) is -0.933.